The molecule has 13 heteroatoms. The van der Waals surface area contributed by atoms with Crippen LogP contribution in [0.15, 0.2) is 47.7 Å². The number of alkyl halides is 2. The standard InChI is InChI=1S/C24H26ClF2N5O5/c1-14(13-35-24(26)27)36-17-8-15(21(33)31-20(28)4-5-29-2)9-18(11-17)37-22-19(25)10-16(12-30-22)23(34)32-6-3-7-32/h4-5,8-12,14,24,29H,3,6-7,13H2,1-2H3,(H2,28,31,33)/b5-4-/t14-/m0/s1. The topological polar surface area (TPSA) is 128 Å². The molecule has 0 saturated carbocycles. The predicted molar refractivity (Wildman–Crippen MR) is 132 cm³/mol. The second kappa shape index (κ2) is 13.0. The highest BCUT2D eigenvalue weighted by molar-refractivity contribution is 6.32. The van der Waals surface area contributed by atoms with Gasteiger partial charge in [0.25, 0.3) is 11.8 Å². The van der Waals surface area contributed by atoms with E-state index in [-0.39, 0.29) is 39.7 Å². The Morgan fingerprint density at radius 2 is 1.97 bits per heavy atom. The van der Waals surface area contributed by atoms with Crippen LogP contribution in [0.5, 0.6) is 17.4 Å². The Labute approximate surface area is 217 Å². The summed E-state index contributed by atoms with van der Waals surface area (Å²) in [5, 5.41) is 2.80. The lowest BCUT2D eigenvalue weighted by molar-refractivity contribution is -0.142. The van der Waals surface area contributed by atoms with Crippen LogP contribution in [-0.2, 0) is 4.74 Å². The van der Waals surface area contributed by atoms with E-state index in [4.69, 9.17) is 26.8 Å². The molecule has 0 aliphatic carbocycles. The van der Waals surface area contributed by atoms with Crippen molar-refractivity contribution in [1.82, 2.24) is 15.2 Å². The number of nitrogens with zero attached hydrogens (tertiary/aromatic N) is 3. The van der Waals surface area contributed by atoms with Gasteiger partial charge in [0.1, 0.15) is 28.5 Å². The van der Waals surface area contributed by atoms with Crippen LogP contribution >= 0.6 is 11.6 Å². The number of aromatic nitrogens is 1. The van der Waals surface area contributed by atoms with Gasteiger partial charge < -0.3 is 30.2 Å². The summed E-state index contributed by atoms with van der Waals surface area (Å²) >= 11 is 6.31. The van der Waals surface area contributed by atoms with E-state index < -0.39 is 25.2 Å². The fourth-order valence-electron chi connectivity index (χ4n) is 3.12. The van der Waals surface area contributed by atoms with E-state index in [9.17, 15) is 18.4 Å². The molecule has 2 heterocycles. The van der Waals surface area contributed by atoms with Gasteiger partial charge in [-0.15, -0.1) is 0 Å². The summed E-state index contributed by atoms with van der Waals surface area (Å²) in [6.07, 6.45) is 4.40. The summed E-state index contributed by atoms with van der Waals surface area (Å²) in [6, 6.07) is 5.59. The van der Waals surface area contributed by atoms with Gasteiger partial charge in [-0.2, -0.15) is 13.8 Å². The first kappa shape index (κ1) is 27.8. The molecule has 0 spiro atoms. The van der Waals surface area contributed by atoms with Crippen molar-refractivity contribution in [3.05, 3.63) is 58.9 Å². The highest BCUT2D eigenvalue weighted by Gasteiger charge is 2.23. The normalized spacial score (nSPS) is 14.4. The molecular formula is C24H26ClF2N5O5. The first-order valence-electron chi connectivity index (χ1n) is 11.2. The van der Waals surface area contributed by atoms with E-state index >= 15 is 0 Å². The number of carbonyl (C=O) groups is 2. The van der Waals surface area contributed by atoms with Crippen molar-refractivity contribution < 1.29 is 32.6 Å². The third-order valence-electron chi connectivity index (χ3n) is 4.98. The molecule has 0 unspecified atom stereocenters. The molecule has 2 amide bonds. The van der Waals surface area contributed by atoms with Crippen LogP contribution in [0.1, 0.15) is 34.1 Å². The molecule has 37 heavy (non-hydrogen) atoms. The van der Waals surface area contributed by atoms with Crippen molar-refractivity contribution in [2.75, 3.05) is 26.7 Å². The third kappa shape index (κ3) is 8.12. The van der Waals surface area contributed by atoms with Gasteiger partial charge >= 0.3 is 6.61 Å². The van der Waals surface area contributed by atoms with Gasteiger partial charge in [0.2, 0.25) is 5.88 Å². The molecule has 1 aliphatic heterocycles. The molecule has 1 aliphatic rings. The van der Waals surface area contributed by atoms with E-state index in [1.165, 1.54) is 49.7 Å². The van der Waals surface area contributed by atoms with Crippen molar-refractivity contribution in [2.45, 2.75) is 26.1 Å². The molecule has 198 valence electrons. The van der Waals surface area contributed by atoms with Gasteiger partial charge in [-0.25, -0.2) is 4.98 Å². The van der Waals surface area contributed by atoms with E-state index in [1.54, 1.807) is 11.9 Å². The Hall–Kier alpha value is -3.77. The Morgan fingerprint density at radius 1 is 1.24 bits per heavy atom. The second-order valence-electron chi connectivity index (χ2n) is 7.94. The van der Waals surface area contributed by atoms with E-state index in [1.807, 2.05) is 0 Å². The number of aliphatic imine (C=N–C) groups is 1. The van der Waals surface area contributed by atoms with Crippen LogP contribution in [0, 0.1) is 0 Å². The SMILES string of the molecule is CN/C=C\C(N)=NC(=O)c1cc(Oc2ncc(C(=O)N3CCC3)cc2Cl)cc(O[C@@H](C)COC(F)F)c1. The Kier molecular flexibility index (Phi) is 9.75. The average molecular weight is 538 g/mol. The number of nitrogens with two attached hydrogens (primary N) is 1. The zero-order valence-corrected chi connectivity index (χ0v) is 20.9. The van der Waals surface area contributed by atoms with Gasteiger partial charge in [-0.1, -0.05) is 11.6 Å². The Bertz CT molecular complexity index is 1190. The fourth-order valence-corrected chi connectivity index (χ4v) is 3.32. The van der Waals surface area contributed by atoms with Crippen LogP contribution in [0.4, 0.5) is 8.78 Å². The number of benzene rings is 1. The van der Waals surface area contributed by atoms with Crippen molar-refractivity contribution in [3.63, 3.8) is 0 Å². The maximum absolute atomic E-state index is 12.7. The van der Waals surface area contributed by atoms with Crippen molar-refractivity contribution in [3.8, 4) is 17.4 Å². The Balaban J connectivity index is 1.87. The molecule has 3 rings (SSSR count). The van der Waals surface area contributed by atoms with E-state index in [2.05, 4.69) is 20.0 Å². The number of ether oxygens (including phenoxy) is 3. The maximum Gasteiger partial charge on any atom is 0.345 e. The number of nitrogens with one attached hydrogen (secondary N) is 1. The van der Waals surface area contributed by atoms with Gasteiger partial charge in [-0.3, -0.25) is 9.59 Å². The van der Waals surface area contributed by atoms with Gasteiger partial charge in [-0.05, 0) is 43.8 Å². The first-order chi connectivity index (χ1) is 17.7. The lowest BCUT2D eigenvalue weighted by atomic mass is 10.1. The van der Waals surface area contributed by atoms with Crippen LogP contribution in [0.25, 0.3) is 0 Å². The summed E-state index contributed by atoms with van der Waals surface area (Å²) in [7, 11) is 1.65. The zero-order chi connectivity index (χ0) is 26.9. The number of halogens is 3. The average Bonchev–Trinajstić information content (AvgIpc) is 2.81. The Morgan fingerprint density at radius 3 is 2.59 bits per heavy atom. The van der Waals surface area contributed by atoms with Gasteiger partial charge in [0.05, 0.1) is 12.2 Å². The fraction of sp³-hybridized carbons (Fsp3) is 0.333. The number of pyridine rings is 1. The monoisotopic (exact) mass is 537 g/mol. The van der Waals surface area contributed by atoms with Crippen molar-refractivity contribution in [1.29, 1.82) is 0 Å². The zero-order valence-electron chi connectivity index (χ0n) is 20.1. The first-order valence-corrected chi connectivity index (χ1v) is 11.6. The molecule has 1 atom stereocenters. The quantitative estimate of drug-likeness (QED) is 0.328. The van der Waals surface area contributed by atoms with Gasteiger partial charge in [0.15, 0.2) is 0 Å². The molecule has 1 aromatic carbocycles. The number of amidine groups is 1. The second-order valence-corrected chi connectivity index (χ2v) is 8.35. The van der Waals surface area contributed by atoms with Crippen LogP contribution in [0.2, 0.25) is 5.02 Å². The minimum Gasteiger partial charge on any atom is -0.488 e. The highest BCUT2D eigenvalue weighted by atomic mass is 35.5. The van der Waals surface area contributed by atoms with Crippen LogP contribution in [0.3, 0.4) is 0 Å². The van der Waals surface area contributed by atoms with Crippen LogP contribution < -0.4 is 20.5 Å². The smallest absolute Gasteiger partial charge is 0.345 e. The summed E-state index contributed by atoms with van der Waals surface area (Å²) in [6.45, 7) is -0.480. The molecule has 2 aromatic rings. The molecule has 1 saturated heterocycles. The lowest BCUT2D eigenvalue weighted by Gasteiger charge is -2.30. The molecule has 3 N–H and O–H groups in total. The number of carbonyl (C=O) groups excluding carboxylic acids is 2. The van der Waals surface area contributed by atoms with E-state index in [0.717, 1.165) is 6.42 Å². The molecule has 0 radical (unpaired) electrons. The minimum atomic E-state index is -2.95. The summed E-state index contributed by atoms with van der Waals surface area (Å²) in [5.74, 6) is -0.756. The largest absolute Gasteiger partial charge is 0.488 e. The van der Waals surface area contributed by atoms with Gasteiger partial charge in [0, 0.05) is 38.0 Å². The van der Waals surface area contributed by atoms with Crippen molar-refractivity contribution >= 4 is 29.3 Å². The molecule has 0 bridgehead atoms. The molecule has 1 fully saturated rings. The van der Waals surface area contributed by atoms with Crippen molar-refractivity contribution in [2.24, 2.45) is 10.7 Å². The lowest BCUT2D eigenvalue weighted by Crippen LogP contribution is -2.42. The summed E-state index contributed by atoms with van der Waals surface area (Å²) in [5.41, 5.74) is 6.09. The predicted octanol–water partition coefficient (Wildman–Crippen LogP) is 3.61. The number of hydrogen-bond acceptors (Lipinski definition) is 7. The highest BCUT2D eigenvalue weighted by Crippen LogP contribution is 2.32. The number of amides is 2. The number of rotatable bonds is 11. The number of likely N-dealkylation sites (tertiary alicyclic amines) is 1. The molecule has 1 aromatic heterocycles. The summed E-state index contributed by atoms with van der Waals surface area (Å²) < 4.78 is 40.4. The molecule has 10 nitrogen and oxygen atoms in total. The molecular weight excluding hydrogens is 512 g/mol. The summed E-state index contributed by atoms with van der Waals surface area (Å²) in [4.78, 5) is 34.7. The maximum atomic E-state index is 12.7. The number of hydrogen-bond donors (Lipinski definition) is 2. The minimum absolute atomic E-state index is 0.0218. The van der Waals surface area contributed by atoms with E-state index in [0.29, 0.717) is 18.7 Å². The third-order valence-corrected chi connectivity index (χ3v) is 5.26. The van der Waals surface area contributed by atoms with Crippen LogP contribution in [-0.4, -0.2) is 67.0 Å².